The number of nitrogens with one attached hydrogen (secondary N) is 1. The Hall–Kier alpha value is -3.72. The summed E-state index contributed by atoms with van der Waals surface area (Å²) in [6, 6.07) is 10.9. The Balaban J connectivity index is 1.83. The normalized spacial score (nSPS) is 25.4. The molecule has 2 aliphatic heterocycles. The smallest absolute Gasteiger partial charge is 0.326 e. The Morgan fingerprint density at radius 3 is 2.37 bits per heavy atom. The number of fused-ring (bicyclic) bond motifs is 1. The van der Waals surface area contributed by atoms with Gasteiger partial charge in [-0.15, -0.1) is 0 Å². The Bertz CT molecular complexity index is 1210. The molecular formula is C26H28N2O7. The number of nitrogens with zero attached hydrogens (tertiary/aromatic N) is 1. The van der Waals surface area contributed by atoms with E-state index in [4.69, 9.17) is 14.2 Å². The molecule has 2 fully saturated rings. The van der Waals surface area contributed by atoms with E-state index in [9.17, 15) is 19.2 Å². The van der Waals surface area contributed by atoms with Crippen molar-refractivity contribution in [1.82, 2.24) is 5.32 Å². The Labute approximate surface area is 203 Å². The number of ketones is 1. The van der Waals surface area contributed by atoms with Crippen LogP contribution in [-0.2, 0) is 19.1 Å². The van der Waals surface area contributed by atoms with Gasteiger partial charge in [0.15, 0.2) is 17.3 Å². The predicted octanol–water partition coefficient (Wildman–Crippen LogP) is 2.68. The number of hydrogen-bond acceptors (Lipinski definition) is 8. The first-order chi connectivity index (χ1) is 16.7. The lowest BCUT2D eigenvalue weighted by molar-refractivity contribution is -0.153. The molecule has 0 aromatic heterocycles. The molecule has 9 heteroatoms. The molecule has 1 N–H and O–H groups in total. The quantitative estimate of drug-likeness (QED) is 0.366. The Morgan fingerprint density at radius 2 is 1.74 bits per heavy atom. The molecule has 2 aromatic rings. The first kappa shape index (κ1) is 24.4. The third kappa shape index (κ3) is 3.85. The molecule has 2 saturated heterocycles. The number of carbonyl (C=O) groups is 4. The Kier molecular flexibility index (Phi) is 6.38. The number of imide groups is 1. The fraction of sp³-hybridized carbons (Fsp3) is 0.385. The highest BCUT2D eigenvalue weighted by Crippen LogP contribution is 2.50. The van der Waals surface area contributed by atoms with E-state index < -0.39 is 41.2 Å². The van der Waals surface area contributed by atoms with E-state index in [0.717, 1.165) is 4.90 Å². The van der Waals surface area contributed by atoms with Gasteiger partial charge in [0.2, 0.25) is 11.8 Å². The zero-order valence-corrected chi connectivity index (χ0v) is 20.3. The minimum Gasteiger partial charge on any atom is -0.493 e. The molecule has 2 aliphatic rings. The van der Waals surface area contributed by atoms with Crippen molar-refractivity contribution >= 4 is 29.3 Å². The van der Waals surface area contributed by atoms with E-state index in [1.807, 2.05) is 0 Å². The summed E-state index contributed by atoms with van der Waals surface area (Å²) in [6.07, 6.45) is 0. The van der Waals surface area contributed by atoms with Crippen LogP contribution >= 0.6 is 0 Å². The van der Waals surface area contributed by atoms with E-state index in [1.54, 1.807) is 50.2 Å². The van der Waals surface area contributed by atoms with Crippen LogP contribution in [0.1, 0.15) is 42.7 Å². The number of rotatable bonds is 7. The van der Waals surface area contributed by atoms with Gasteiger partial charge < -0.3 is 14.2 Å². The lowest BCUT2D eigenvalue weighted by Gasteiger charge is -2.29. The molecule has 0 radical (unpaired) electrons. The summed E-state index contributed by atoms with van der Waals surface area (Å²) in [5.74, 6) is -2.70. The maximum Gasteiger partial charge on any atom is 0.326 e. The average Bonchev–Trinajstić information content (AvgIpc) is 3.32. The van der Waals surface area contributed by atoms with Gasteiger partial charge >= 0.3 is 5.97 Å². The number of ether oxygens (including phenoxy) is 3. The number of esters is 1. The Morgan fingerprint density at radius 1 is 1.03 bits per heavy atom. The van der Waals surface area contributed by atoms with Crippen molar-refractivity contribution in [3.05, 3.63) is 53.6 Å². The fourth-order valence-corrected chi connectivity index (χ4v) is 5.06. The molecule has 0 saturated carbocycles. The van der Waals surface area contributed by atoms with Crippen LogP contribution in [0.25, 0.3) is 0 Å². The van der Waals surface area contributed by atoms with Crippen LogP contribution in [0.5, 0.6) is 11.5 Å². The summed E-state index contributed by atoms with van der Waals surface area (Å²) in [6.45, 7) is 4.81. The number of amides is 2. The maximum atomic E-state index is 13.8. The van der Waals surface area contributed by atoms with Crippen LogP contribution in [0.2, 0.25) is 0 Å². The van der Waals surface area contributed by atoms with E-state index in [-0.39, 0.29) is 12.4 Å². The SMILES string of the molecule is CCOC(=O)C1(C)NC(c2ccc(OC)c(OC)c2)C2C(=O)N(c3cccc(C(C)=O)c3)C(=O)C21. The van der Waals surface area contributed by atoms with Crippen molar-refractivity contribution in [2.24, 2.45) is 11.8 Å². The molecule has 9 nitrogen and oxygen atoms in total. The molecule has 2 heterocycles. The van der Waals surface area contributed by atoms with Crippen LogP contribution in [0.3, 0.4) is 0 Å². The first-order valence-corrected chi connectivity index (χ1v) is 11.3. The summed E-state index contributed by atoms with van der Waals surface area (Å²) >= 11 is 0. The van der Waals surface area contributed by atoms with Gasteiger partial charge in [0.05, 0.1) is 38.3 Å². The summed E-state index contributed by atoms with van der Waals surface area (Å²) in [7, 11) is 3.02. The first-order valence-electron chi connectivity index (χ1n) is 11.3. The van der Waals surface area contributed by atoms with Gasteiger partial charge in [-0.3, -0.25) is 24.5 Å². The monoisotopic (exact) mass is 480 g/mol. The molecule has 0 aliphatic carbocycles. The van der Waals surface area contributed by atoms with Gasteiger partial charge in [-0.25, -0.2) is 4.90 Å². The third-order valence-electron chi connectivity index (χ3n) is 6.76. The number of carbonyl (C=O) groups excluding carboxylic acids is 4. The van der Waals surface area contributed by atoms with E-state index >= 15 is 0 Å². The van der Waals surface area contributed by atoms with Crippen LogP contribution < -0.4 is 19.7 Å². The van der Waals surface area contributed by atoms with Gasteiger partial charge in [0, 0.05) is 11.6 Å². The predicted molar refractivity (Wildman–Crippen MR) is 126 cm³/mol. The summed E-state index contributed by atoms with van der Waals surface area (Å²) in [5, 5.41) is 3.23. The second kappa shape index (κ2) is 9.14. The lowest BCUT2D eigenvalue weighted by Crippen LogP contribution is -2.54. The minimum atomic E-state index is -1.45. The topological polar surface area (TPSA) is 111 Å². The molecule has 184 valence electrons. The molecule has 0 bridgehead atoms. The summed E-state index contributed by atoms with van der Waals surface area (Å²) < 4.78 is 16.0. The van der Waals surface area contributed by atoms with Gasteiger partial charge in [0.1, 0.15) is 5.54 Å². The molecule has 2 aromatic carbocycles. The van der Waals surface area contributed by atoms with Gasteiger partial charge in [-0.1, -0.05) is 18.2 Å². The average molecular weight is 481 g/mol. The van der Waals surface area contributed by atoms with E-state index in [0.29, 0.717) is 28.3 Å². The fourth-order valence-electron chi connectivity index (χ4n) is 5.06. The molecule has 4 atom stereocenters. The van der Waals surface area contributed by atoms with Crippen molar-refractivity contribution in [2.75, 3.05) is 25.7 Å². The highest BCUT2D eigenvalue weighted by molar-refractivity contribution is 6.24. The third-order valence-corrected chi connectivity index (χ3v) is 6.76. The van der Waals surface area contributed by atoms with Crippen molar-refractivity contribution in [1.29, 1.82) is 0 Å². The number of Topliss-reactive ketones (excluding diaryl/α,β-unsaturated/α-hetero) is 1. The van der Waals surface area contributed by atoms with Gasteiger partial charge in [0.25, 0.3) is 0 Å². The van der Waals surface area contributed by atoms with E-state index in [1.165, 1.54) is 27.2 Å². The number of benzene rings is 2. The molecule has 2 amide bonds. The zero-order chi connectivity index (χ0) is 25.5. The summed E-state index contributed by atoms with van der Waals surface area (Å²) in [4.78, 5) is 53.6. The maximum absolute atomic E-state index is 13.8. The van der Waals surface area contributed by atoms with Crippen molar-refractivity contribution in [2.45, 2.75) is 32.4 Å². The van der Waals surface area contributed by atoms with Crippen LogP contribution in [0.4, 0.5) is 5.69 Å². The van der Waals surface area contributed by atoms with Crippen LogP contribution in [0.15, 0.2) is 42.5 Å². The number of methoxy groups -OCH3 is 2. The van der Waals surface area contributed by atoms with Crippen LogP contribution in [-0.4, -0.2) is 49.9 Å². The lowest BCUT2D eigenvalue weighted by atomic mass is 9.80. The molecular weight excluding hydrogens is 452 g/mol. The standard InChI is InChI=1S/C26H28N2O7/c1-6-35-25(32)26(3)21-20(22(27-26)16-10-11-18(33-4)19(13-16)34-5)23(30)28(24(21)31)17-9-7-8-15(12-17)14(2)29/h7-13,20-22,27H,6H2,1-5H3. The highest BCUT2D eigenvalue weighted by Gasteiger charge is 2.67. The second-order valence-corrected chi connectivity index (χ2v) is 8.78. The van der Waals surface area contributed by atoms with Crippen LogP contribution in [0, 0.1) is 11.8 Å². The summed E-state index contributed by atoms with van der Waals surface area (Å²) in [5.41, 5.74) is -0.119. The van der Waals surface area contributed by atoms with Gasteiger partial charge in [-0.2, -0.15) is 0 Å². The molecule has 4 rings (SSSR count). The number of hydrogen-bond donors (Lipinski definition) is 1. The second-order valence-electron chi connectivity index (χ2n) is 8.78. The number of anilines is 1. The van der Waals surface area contributed by atoms with Gasteiger partial charge in [-0.05, 0) is 50.6 Å². The van der Waals surface area contributed by atoms with Crippen molar-refractivity contribution < 1.29 is 33.4 Å². The zero-order valence-electron chi connectivity index (χ0n) is 20.3. The molecule has 35 heavy (non-hydrogen) atoms. The molecule has 0 spiro atoms. The molecule has 4 unspecified atom stereocenters. The van der Waals surface area contributed by atoms with Crippen molar-refractivity contribution in [3.63, 3.8) is 0 Å². The largest absolute Gasteiger partial charge is 0.493 e. The minimum absolute atomic E-state index is 0.126. The highest BCUT2D eigenvalue weighted by atomic mass is 16.5. The van der Waals surface area contributed by atoms with Crippen molar-refractivity contribution in [3.8, 4) is 11.5 Å². The van der Waals surface area contributed by atoms with E-state index in [2.05, 4.69) is 5.32 Å².